The molecule has 0 bridgehead atoms. The predicted molar refractivity (Wildman–Crippen MR) is 100 cm³/mol. The molecule has 0 saturated heterocycles. The number of hydrogen-bond acceptors (Lipinski definition) is 3. The first-order chi connectivity index (χ1) is 11.8. The minimum Gasteiger partial charge on any atom is -0.491 e. The van der Waals surface area contributed by atoms with Gasteiger partial charge in [0, 0.05) is 0 Å². The first-order valence-corrected chi connectivity index (χ1v) is 8.59. The van der Waals surface area contributed by atoms with E-state index in [2.05, 4.69) is 11.4 Å². The molecule has 0 aliphatic heterocycles. The minimum absolute atomic E-state index is 0.114. The highest BCUT2D eigenvalue weighted by atomic mass is 16.5. The van der Waals surface area contributed by atoms with E-state index < -0.39 is 6.10 Å². The first-order valence-electron chi connectivity index (χ1n) is 8.59. The SMILES string of the molecule is Cc1cc(C)cc(O[C@@H](C)C(=O)N[C@H](C)COc2ccccc2C)c1. The molecule has 134 valence electrons. The van der Waals surface area contributed by atoms with Gasteiger partial charge in [-0.1, -0.05) is 24.3 Å². The Morgan fingerprint density at radius 2 is 1.68 bits per heavy atom. The molecule has 0 aliphatic rings. The van der Waals surface area contributed by atoms with Gasteiger partial charge in [0.1, 0.15) is 18.1 Å². The van der Waals surface area contributed by atoms with Gasteiger partial charge < -0.3 is 14.8 Å². The Morgan fingerprint density at radius 3 is 2.32 bits per heavy atom. The summed E-state index contributed by atoms with van der Waals surface area (Å²) in [5.41, 5.74) is 3.30. The van der Waals surface area contributed by atoms with Crippen LogP contribution in [-0.2, 0) is 4.79 Å². The molecule has 0 fully saturated rings. The maximum atomic E-state index is 12.3. The molecule has 2 rings (SSSR count). The van der Waals surface area contributed by atoms with Crippen molar-refractivity contribution in [3.63, 3.8) is 0 Å². The Morgan fingerprint density at radius 1 is 1.04 bits per heavy atom. The summed E-state index contributed by atoms with van der Waals surface area (Å²) in [5.74, 6) is 1.40. The highest BCUT2D eigenvalue weighted by Gasteiger charge is 2.17. The van der Waals surface area contributed by atoms with Crippen LogP contribution in [0.25, 0.3) is 0 Å². The van der Waals surface area contributed by atoms with E-state index in [1.807, 2.05) is 64.1 Å². The van der Waals surface area contributed by atoms with Crippen molar-refractivity contribution in [2.24, 2.45) is 0 Å². The molecule has 4 heteroatoms. The first kappa shape index (κ1) is 18.8. The van der Waals surface area contributed by atoms with Crippen molar-refractivity contribution in [1.29, 1.82) is 0 Å². The van der Waals surface area contributed by atoms with E-state index in [0.29, 0.717) is 12.4 Å². The number of ether oxygens (including phenoxy) is 2. The molecule has 2 aromatic carbocycles. The van der Waals surface area contributed by atoms with E-state index in [4.69, 9.17) is 9.47 Å². The summed E-state index contributed by atoms with van der Waals surface area (Å²) < 4.78 is 11.5. The Hall–Kier alpha value is -2.49. The van der Waals surface area contributed by atoms with Gasteiger partial charge in [-0.15, -0.1) is 0 Å². The van der Waals surface area contributed by atoms with Gasteiger partial charge in [0.25, 0.3) is 5.91 Å². The molecule has 0 saturated carbocycles. The summed E-state index contributed by atoms with van der Waals surface area (Å²) in [6.07, 6.45) is -0.567. The zero-order valence-electron chi connectivity index (χ0n) is 15.6. The monoisotopic (exact) mass is 341 g/mol. The van der Waals surface area contributed by atoms with Crippen LogP contribution in [0.3, 0.4) is 0 Å². The largest absolute Gasteiger partial charge is 0.491 e. The summed E-state index contributed by atoms with van der Waals surface area (Å²) in [4.78, 5) is 12.3. The molecule has 0 heterocycles. The van der Waals surface area contributed by atoms with Crippen LogP contribution in [0.1, 0.15) is 30.5 Å². The van der Waals surface area contributed by atoms with Crippen molar-refractivity contribution < 1.29 is 14.3 Å². The van der Waals surface area contributed by atoms with Crippen molar-refractivity contribution in [3.05, 3.63) is 59.2 Å². The number of para-hydroxylation sites is 1. The highest BCUT2D eigenvalue weighted by molar-refractivity contribution is 5.81. The second-order valence-electron chi connectivity index (χ2n) is 6.57. The third-order valence-corrected chi connectivity index (χ3v) is 3.85. The molecular weight excluding hydrogens is 314 g/mol. The summed E-state index contributed by atoms with van der Waals surface area (Å²) in [7, 11) is 0. The maximum absolute atomic E-state index is 12.3. The molecule has 0 unspecified atom stereocenters. The van der Waals surface area contributed by atoms with Crippen LogP contribution in [0.2, 0.25) is 0 Å². The second-order valence-corrected chi connectivity index (χ2v) is 6.57. The highest BCUT2D eigenvalue weighted by Crippen LogP contribution is 2.18. The third kappa shape index (κ3) is 5.82. The number of aryl methyl sites for hydroxylation is 3. The quantitative estimate of drug-likeness (QED) is 0.829. The molecule has 2 aromatic rings. The number of nitrogens with one attached hydrogen (secondary N) is 1. The lowest BCUT2D eigenvalue weighted by atomic mass is 10.1. The molecule has 0 aliphatic carbocycles. The van der Waals surface area contributed by atoms with Crippen LogP contribution >= 0.6 is 0 Å². The van der Waals surface area contributed by atoms with Gasteiger partial charge in [-0.05, 0) is 69.5 Å². The Kier molecular flexibility index (Phi) is 6.45. The normalized spacial score (nSPS) is 13.0. The average Bonchev–Trinajstić information content (AvgIpc) is 2.53. The number of hydrogen-bond donors (Lipinski definition) is 1. The zero-order valence-corrected chi connectivity index (χ0v) is 15.6. The van der Waals surface area contributed by atoms with E-state index in [1.165, 1.54) is 0 Å². The molecule has 25 heavy (non-hydrogen) atoms. The molecule has 1 N–H and O–H groups in total. The summed E-state index contributed by atoms with van der Waals surface area (Å²) in [5, 5.41) is 2.93. The van der Waals surface area contributed by atoms with Crippen molar-refractivity contribution in [2.75, 3.05) is 6.61 Å². The van der Waals surface area contributed by atoms with E-state index in [-0.39, 0.29) is 11.9 Å². The fourth-order valence-corrected chi connectivity index (χ4v) is 2.59. The number of rotatable bonds is 7. The number of carbonyl (C=O) groups excluding carboxylic acids is 1. The minimum atomic E-state index is -0.567. The van der Waals surface area contributed by atoms with Gasteiger partial charge in [0.15, 0.2) is 6.10 Å². The fourth-order valence-electron chi connectivity index (χ4n) is 2.59. The van der Waals surface area contributed by atoms with Gasteiger partial charge in [0.2, 0.25) is 0 Å². The lowest BCUT2D eigenvalue weighted by molar-refractivity contribution is -0.128. The van der Waals surface area contributed by atoms with Gasteiger partial charge >= 0.3 is 0 Å². The predicted octanol–water partition coefficient (Wildman–Crippen LogP) is 3.96. The molecule has 2 atom stereocenters. The summed E-state index contributed by atoms with van der Waals surface area (Å²) >= 11 is 0. The lowest BCUT2D eigenvalue weighted by Gasteiger charge is -2.20. The van der Waals surface area contributed by atoms with E-state index >= 15 is 0 Å². The van der Waals surface area contributed by atoms with Gasteiger partial charge in [-0.25, -0.2) is 0 Å². The Bertz CT molecular complexity index is 707. The lowest BCUT2D eigenvalue weighted by Crippen LogP contribution is -2.43. The Balaban J connectivity index is 1.84. The molecular formula is C21H27NO3. The standard InChI is InChI=1S/C21H27NO3/c1-14-10-15(2)12-19(11-14)25-18(5)21(23)22-17(4)13-24-20-9-7-6-8-16(20)3/h6-12,17-18H,13H2,1-5H3,(H,22,23)/t17-,18+/m1/s1. The van der Waals surface area contributed by atoms with Crippen LogP contribution in [0.15, 0.2) is 42.5 Å². The molecule has 1 amide bonds. The molecule has 4 nitrogen and oxygen atoms in total. The summed E-state index contributed by atoms with van der Waals surface area (Å²) in [6, 6.07) is 13.7. The average molecular weight is 341 g/mol. The van der Waals surface area contributed by atoms with Crippen molar-refractivity contribution in [2.45, 2.75) is 46.8 Å². The smallest absolute Gasteiger partial charge is 0.261 e. The molecule has 0 aromatic heterocycles. The van der Waals surface area contributed by atoms with Crippen molar-refractivity contribution in [1.82, 2.24) is 5.32 Å². The zero-order chi connectivity index (χ0) is 18.4. The topological polar surface area (TPSA) is 47.6 Å². The van der Waals surface area contributed by atoms with Crippen molar-refractivity contribution in [3.8, 4) is 11.5 Å². The summed E-state index contributed by atoms with van der Waals surface area (Å²) in [6.45, 7) is 10.1. The van der Waals surface area contributed by atoms with Crippen LogP contribution in [-0.4, -0.2) is 24.7 Å². The van der Waals surface area contributed by atoms with Crippen LogP contribution in [0, 0.1) is 20.8 Å². The number of amides is 1. The number of benzene rings is 2. The van der Waals surface area contributed by atoms with E-state index in [1.54, 1.807) is 6.92 Å². The maximum Gasteiger partial charge on any atom is 0.261 e. The van der Waals surface area contributed by atoms with Gasteiger partial charge in [0.05, 0.1) is 6.04 Å². The van der Waals surface area contributed by atoms with Crippen LogP contribution in [0.5, 0.6) is 11.5 Å². The fraction of sp³-hybridized carbons (Fsp3) is 0.381. The molecule has 0 radical (unpaired) electrons. The Labute approximate surface area is 150 Å². The molecule has 0 spiro atoms. The van der Waals surface area contributed by atoms with Gasteiger partial charge in [-0.2, -0.15) is 0 Å². The van der Waals surface area contributed by atoms with Crippen LogP contribution < -0.4 is 14.8 Å². The van der Waals surface area contributed by atoms with E-state index in [0.717, 1.165) is 22.4 Å². The van der Waals surface area contributed by atoms with E-state index in [9.17, 15) is 4.79 Å². The second kappa shape index (κ2) is 8.56. The third-order valence-electron chi connectivity index (χ3n) is 3.85. The van der Waals surface area contributed by atoms with Crippen molar-refractivity contribution >= 4 is 5.91 Å². The van der Waals surface area contributed by atoms with Gasteiger partial charge in [-0.3, -0.25) is 4.79 Å². The number of carbonyl (C=O) groups is 1. The van der Waals surface area contributed by atoms with Crippen LogP contribution in [0.4, 0.5) is 0 Å².